The summed E-state index contributed by atoms with van der Waals surface area (Å²) in [6.45, 7) is 2.31. The van der Waals surface area contributed by atoms with E-state index in [2.05, 4.69) is 5.32 Å². The van der Waals surface area contributed by atoms with Gasteiger partial charge in [-0.15, -0.1) is 0 Å². The number of furan rings is 1. The molecule has 0 fully saturated rings. The van der Waals surface area contributed by atoms with Crippen LogP contribution in [0.15, 0.2) is 34.7 Å². The summed E-state index contributed by atoms with van der Waals surface area (Å²) in [7, 11) is 0. The molecule has 0 atom stereocenters. The zero-order chi connectivity index (χ0) is 14.5. The Hall–Kier alpha value is -1.81. The maximum absolute atomic E-state index is 13.5. The zero-order valence-corrected chi connectivity index (χ0v) is 11.8. The highest BCUT2D eigenvalue weighted by Crippen LogP contribution is 2.19. The van der Waals surface area contributed by atoms with Crippen molar-refractivity contribution in [3.8, 4) is 0 Å². The minimum absolute atomic E-state index is 0.0668. The number of rotatable bonds is 5. The van der Waals surface area contributed by atoms with Crippen molar-refractivity contribution in [1.29, 1.82) is 0 Å². The van der Waals surface area contributed by atoms with Gasteiger partial charge < -0.3 is 9.73 Å². The standard InChI is InChI=1S/C15H15ClFNO2/c1-10-5-6-11(20-10)7-8-18-15(19)9-12-13(16)3-2-4-14(12)17/h2-6H,7-9H2,1H3,(H,18,19). The summed E-state index contributed by atoms with van der Waals surface area (Å²) < 4.78 is 18.9. The van der Waals surface area contributed by atoms with Crippen molar-refractivity contribution in [2.75, 3.05) is 6.54 Å². The predicted molar refractivity (Wildman–Crippen MR) is 75.3 cm³/mol. The number of hydrogen-bond donors (Lipinski definition) is 1. The molecule has 1 aromatic carbocycles. The van der Waals surface area contributed by atoms with Gasteiger partial charge in [0.15, 0.2) is 0 Å². The maximum Gasteiger partial charge on any atom is 0.224 e. The van der Waals surface area contributed by atoms with Gasteiger partial charge in [-0.3, -0.25) is 4.79 Å². The number of carbonyl (C=O) groups excluding carboxylic acids is 1. The summed E-state index contributed by atoms with van der Waals surface area (Å²) >= 11 is 5.87. The smallest absolute Gasteiger partial charge is 0.224 e. The normalized spacial score (nSPS) is 10.6. The Labute approximate surface area is 121 Å². The average Bonchev–Trinajstić information content (AvgIpc) is 2.80. The van der Waals surface area contributed by atoms with Gasteiger partial charge >= 0.3 is 0 Å². The second-order valence-corrected chi connectivity index (χ2v) is 4.90. The Kier molecular flexibility index (Phi) is 4.79. The Morgan fingerprint density at radius 2 is 2.15 bits per heavy atom. The molecule has 0 saturated heterocycles. The van der Waals surface area contributed by atoms with Crippen LogP contribution in [0.1, 0.15) is 17.1 Å². The number of carbonyl (C=O) groups is 1. The van der Waals surface area contributed by atoms with E-state index in [1.54, 1.807) is 6.07 Å². The summed E-state index contributed by atoms with van der Waals surface area (Å²) in [4.78, 5) is 11.7. The molecule has 2 aromatic rings. The van der Waals surface area contributed by atoms with Crippen LogP contribution in [0.5, 0.6) is 0 Å². The number of hydrogen-bond acceptors (Lipinski definition) is 2. The first-order valence-corrected chi connectivity index (χ1v) is 6.69. The molecular formula is C15H15ClFNO2. The van der Waals surface area contributed by atoms with Gasteiger partial charge in [0, 0.05) is 23.6 Å². The largest absolute Gasteiger partial charge is 0.466 e. The van der Waals surface area contributed by atoms with Crippen molar-refractivity contribution in [1.82, 2.24) is 5.32 Å². The fraction of sp³-hybridized carbons (Fsp3) is 0.267. The highest BCUT2D eigenvalue weighted by Gasteiger charge is 2.11. The lowest BCUT2D eigenvalue weighted by Gasteiger charge is -2.07. The first-order chi connectivity index (χ1) is 9.56. The Morgan fingerprint density at radius 3 is 2.80 bits per heavy atom. The third-order valence-electron chi connectivity index (χ3n) is 2.89. The molecular weight excluding hydrogens is 281 g/mol. The summed E-state index contributed by atoms with van der Waals surface area (Å²) in [5.41, 5.74) is 0.223. The molecule has 3 nitrogen and oxygen atoms in total. The van der Waals surface area contributed by atoms with Crippen LogP contribution >= 0.6 is 11.6 Å². The monoisotopic (exact) mass is 295 g/mol. The van der Waals surface area contributed by atoms with Crippen molar-refractivity contribution in [3.63, 3.8) is 0 Å². The van der Waals surface area contributed by atoms with Gasteiger partial charge in [0.05, 0.1) is 6.42 Å². The molecule has 1 heterocycles. The van der Waals surface area contributed by atoms with Crippen LogP contribution in [0.25, 0.3) is 0 Å². The Bertz CT molecular complexity index is 589. The molecule has 106 valence electrons. The van der Waals surface area contributed by atoms with E-state index in [0.717, 1.165) is 11.5 Å². The van der Waals surface area contributed by atoms with Crippen LogP contribution < -0.4 is 5.32 Å². The molecule has 1 amide bonds. The maximum atomic E-state index is 13.5. The molecule has 0 saturated carbocycles. The van der Waals surface area contributed by atoms with Gasteiger partial charge in [-0.25, -0.2) is 4.39 Å². The summed E-state index contributed by atoms with van der Waals surface area (Å²) in [5.74, 6) is 0.922. The van der Waals surface area contributed by atoms with E-state index in [4.69, 9.17) is 16.0 Å². The molecule has 0 unspecified atom stereocenters. The summed E-state index contributed by atoms with van der Waals surface area (Å²) in [6, 6.07) is 8.11. The third-order valence-corrected chi connectivity index (χ3v) is 3.24. The van der Waals surface area contributed by atoms with Gasteiger partial charge in [-0.1, -0.05) is 17.7 Å². The first-order valence-electron chi connectivity index (χ1n) is 6.31. The quantitative estimate of drug-likeness (QED) is 0.920. The molecule has 0 aliphatic carbocycles. The van der Waals surface area contributed by atoms with E-state index >= 15 is 0 Å². The van der Waals surface area contributed by atoms with E-state index in [1.165, 1.54) is 12.1 Å². The van der Waals surface area contributed by atoms with Gasteiger partial charge in [0.1, 0.15) is 17.3 Å². The van der Waals surface area contributed by atoms with Crippen LogP contribution in [0, 0.1) is 12.7 Å². The van der Waals surface area contributed by atoms with Gasteiger partial charge in [-0.05, 0) is 31.2 Å². The van der Waals surface area contributed by atoms with Gasteiger partial charge in [0.2, 0.25) is 5.91 Å². The minimum Gasteiger partial charge on any atom is -0.466 e. The fourth-order valence-electron chi connectivity index (χ4n) is 1.87. The van der Waals surface area contributed by atoms with E-state index in [9.17, 15) is 9.18 Å². The fourth-order valence-corrected chi connectivity index (χ4v) is 2.10. The molecule has 0 bridgehead atoms. The lowest BCUT2D eigenvalue weighted by Crippen LogP contribution is -2.27. The third kappa shape index (κ3) is 3.84. The lowest BCUT2D eigenvalue weighted by molar-refractivity contribution is -0.120. The first kappa shape index (κ1) is 14.6. The van der Waals surface area contributed by atoms with Crippen molar-refractivity contribution in [2.24, 2.45) is 0 Å². The second kappa shape index (κ2) is 6.57. The SMILES string of the molecule is Cc1ccc(CCNC(=O)Cc2c(F)cccc2Cl)o1. The lowest BCUT2D eigenvalue weighted by atomic mass is 10.1. The van der Waals surface area contributed by atoms with Gasteiger partial charge in [-0.2, -0.15) is 0 Å². The van der Waals surface area contributed by atoms with Crippen LogP contribution in [0.4, 0.5) is 4.39 Å². The van der Waals surface area contributed by atoms with Crippen LogP contribution in [-0.2, 0) is 17.6 Å². The molecule has 1 aromatic heterocycles. The Balaban J connectivity index is 1.84. The second-order valence-electron chi connectivity index (χ2n) is 4.49. The number of amides is 1. The molecule has 5 heteroatoms. The highest BCUT2D eigenvalue weighted by atomic mass is 35.5. The molecule has 0 spiro atoms. The molecule has 1 N–H and O–H groups in total. The van der Waals surface area contributed by atoms with E-state index in [1.807, 2.05) is 19.1 Å². The molecule has 0 aliphatic rings. The van der Waals surface area contributed by atoms with E-state index in [0.29, 0.717) is 13.0 Å². The zero-order valence-electron chi connectivity index (χ0n) is 11.1. The molecule has 20 heavy (non-hydrogen) atoms. The van der Waals surface area contributed by atoms with Crippen molar-refractivity contribution < 1.29 is 13.6 Å². The van der Waals surface area contributed by atoms with Crippen LogP contribution in [-0.4, -0.2) is 12.5 Å². The van der Waals surface area contributed by atoms with Crippen molar-refractivity contribution >= 4 is 17.5 Å². The van der Waals surface area contributed by atoms with Crippen LogP contribution in [0.3, 0.4) is 0 Å². The number of nitrogens with one attached hydrogen (secondary N) is 1. The number of halogens is 2. The van der Waals surface area contributed by atoms with Gasteiger partial charge in [0.25, 0.3) is 0 Å². The van der Waals surface area contributed by atoms with E-state index in [-0.39, 0.29) is 22.9 Å². The predicted octanol–water partition coefficient (Wildman–Crippen LogP) is 3.28. The van der Waals surface area contributed by atoms with Crippen LogP contribution in [0.2, 0.25) is 5.02 Å². The van der Waals surface area contributed by atoms with Crippen molar-refractivity contribution in [3.05, 3.63) is 58.3 Å². The topological polar surface area (TPSA) is 42.2 Å². The molecule has 0 radical (unpaired) electrons. The average molecular weight is 296 g/mol. The number of benzene rings is 1. The highest BCUT2D eigenvalue weighted by molar-refractivity contribution is 6.31. The summed E-state index contributed by atoms with van der Waals surface area (Å²) in [6.07, 6.45) is 0.535. The Morgan fingerprint density at radius 1 is 1.35 bits per heavy atom. The minimum atomic E-state index is -0.464. The van der Waals surface area contributed by atoms with E-state index < -0.39 is 5.82 Å². The molecule has 0 aliphatic heterocycles. The molecule has 2 rings (SSSR count). The van der Waals surface area contributed by atoms with Crippen molar-refractivity contribution in [2.45, 2.75) is 19.8 Å². The number of aryl methyl sites for hydroxylation is 1. The summed E-state index contributed by atoms with van der Waals surface area (Å²) in [5, 5.41) is 2.98.